The number of nitrogens with one attached hydrogen (secondary N) is 1. The van der Waals surface area contributed by atoms with Gasteiger partial charge in [-0.25, -0.2) is 8.42 Å². The maximum absolute atomic E-state index is 12.4. The van der Waals surface area contributed by atoms with Crippen molar-refractivity contribution in [1.29, 1.82) is 0 Å². The molecular formula is C20H19N3O4S. The van der Waals surface area contributed by atoms with E-state index < -0.39 is 10.0 Å². The van der Waals surface area contributed by atoms with E-state index in [0.29, 0.717) is 22.9 Å². The molecule has 0 atom stereocenters. The number of anilines is 1. The lowest BCUT2D eigenvalue weighted by Gasteiger charge is -2.08. The average Bonchev–Trinajstić information content (AvgIpc) is 2.72. The first kappa shape index (κ1) is 19.4. The van der Waals surface area contributed by atoms with Gasteiger partial charge in [0.15, 0.2) is 11.5 Å². The van der Waals surface area contributed by atoms with Gasteiger partial charge in [0.2, 0.25) is 0 Å². The van der Waals surface area contributed by atoms with Gasteiger partial charge in [-0.05, 0) is 60.2 Å². The number of benzene rings is 2. The van der Waals surface area contributed by atoms with Crippen molar-refractivity contribution in [2.45, 2.75) is 4.90 Å². The number of hydrogen-bond acceptors (Lipinski definition) is 6. The Balaban J connectivity index is 1.75. The molecule has 0 radical (unpaired) electrons. The zero-order valence-electron chi connectivity index (χ0n) is 15.4. The molecule has 7 nitrogen and oxygen atoms in total. The van der Waals surface area contributed by atoms with Crippen LogP contribution in [0.2, 0.25) is 0 Å². The summed E-state index contributed by atoms with van der Waals surface area (Å²) in [6.07, 6.45) is 4.68. The predicted octanol–water partition coefficient (Wildman–Crippen LogP) is 3.65. The maximum Gasteiger partial charge on any atom is 0.261 e. The summed E-state index contributed by atoms with van der Waals surface area (Å²) in [6.45, 7) is 0. The summed E-state index contributed by atoms with van der Waals surface area (Å²) in [5.41, 5.74) is 1.85. The third kappa shape index (κ3) is 4.66. The van der Waals surface area contributed by atoms with Crippen molar-refractivity contribution in [2.75, 3.05) is 18.9 Å². The summed E-state index contributed by atoms with van der Waals surface area (Å²) in [4.78, 5) is 8.40. The van der Waals surface area contributed by atoms with Crippen molar-refractivity contribution in [2.24, 2.45) is 4.99 Å². The monoisotopic (exact) mass is 397 g/mol. The number of methoxy groups -OCH3 is 2. The third-order valence-electron chi connectivity index (χ3n) is 3.83. The number of ether oxygens (including phenoxy) is 2. The van der Waals surface area contributed by atoms with Crippen LogP contribution in [0.4, 0.5) is 11.4 Å². The Hall–Kier alpha value is -3.39. The van der Waals surface area contributed by atoms with Gasteiger partial charge < -0.3 is 9.47 Å². The van der Waals surface area contributed by atoms with Gasteiger partial charge in [-0.15, -0.1) is 0 Å². The molecule has 144 valence electrons. The molecule has 0 amide bonds. The van der Waals surface area contributed by atoms with E-state index in [1.165, 1.54) is 18.3 Å². The molecule has 0 aliphatic heterocycles. The van der Waals surface area contributed by atoms with Crippen molar-refractivity contribution < 1.29 is 17.9 Å². The summed E-state index contributed by atoms with van der Waals surface area (Å²) in [5.74, 6) is 1.24. The fourth-order valence-corrected chi connectivity index (χ4v) is 3.47. The van der Waals surface area contributed by atoms with Gasteiger partial charge in [-0.2, -0.15) is 0 Å². The molecule has 3 rings (SSSR count). The number of nitrogens with zero attached hydrogens (tertiary/aromatic N) is 2. The molecule has 0 spiro atoms. The lowest BCUT2D eigenvalue weighted by Crippen LogP contribution is -2.12. The Morgan fingerprint density at radius 2 is 1.75 bits per heavy atom. The summed E-state index contributed by atoms with van der Waals surface area (Å²) in [5, 5.41) is 0. The van der Waals surface area contributed by atoms with Gasteiger partial charge in [0.1, 0.15) is 0 Å². The van der Waals surface area contributed by atoms with Crippen molar-refractivity contribution in [3.8, 4) is 11.5 Å². The number of aromatic nitrogens is 1. The molecule has 0 bridgehead atoms. The third-order valence-corrected chi connectivity index (χ3v) is 5.23. The first-order valence-corrected chi connectivity index (χ1v) is 9.79. The molecule has 0 saturated carbocycles. The van der Waals surface area contributed by atoms with Gasteiger partial charge in [0, 0.05) is 12.4 Å². The molecule has 0 saturated heterocycles. The molecule has 8 heteroatoms. The molecule has 0 fully saturated rings. The van der Waals surface area contributed by atoms with E-state index in [2.05, 4.69) is 14.7 Å². The molecule has 28 heavy (non-hydrogen) atoms. The Morgan fingerprint density at radius 1 is 1.00 bits per heavy atom. The van der Waals surface area contributed by atoms with Crippen molar-refractivity contribution in [1.82, 2.24) is 4.98 Å². The minimum atomic E-state index is -3.69. The van der Waals surface area contributed by atoms with Crippen LogP contribution in [0.5, 0.6) is 11.5 Å². The van der Waals surface area contributed by atoms with Crippen molar-refractivity contribution in [3.05, 3.63) is 72.6 Å². The standard InChI is InChI=1S/C20H19N3O4S/c1-26-19-10-5-15(12-20(19)27-2)13-22-16-6-8-18(9-7-16)28(24,25)23-17-4-3-11-21-14-17/h3-14,23H,1-2H3. The lowest BCUT2D eigenvalue weighted by atomic mass is 10.2. The van der Waals surface area contributed by atoms with Crippen LogP contribution in [0.25, 0.3) is 0 Å². The molecule has 1 heterocycles. The van der Waals surface area contributed by atoms with E-state index in [4.69, 9.17) is 9.47 Å². The predicted molar refractivity (Wildman–Crippen MR) is 108 cm³/mol. The smallest absolute Gasteiger partial charge is 0.261 e. The normalized spacial score (nSPS) is 11.4. The first-order chi connectivity index (χ1) is 13.5. The van der Waals surface area contributed by atoms with Crippen LogP contribution < -0.4 is 14.2 Å². The van der Waals surface area contributed by atoms with Gasteiger partial charge in [0.25, 0.3) is 10.0 Å². The van der Waals surface area contributed by atoms with Gasteiger partial charge in [-0.3, -0.25) is 14.7 Å². The first-order valence-electron chi connectivity index (χ1n) is 8.31. The fraction of sp³-hybridized carbons (Fsp3) is 0.100. The van der Waals surface area contributed by atoms with Crippen LogP contribution in [0.1, 0.15) is 5.56 Å². The summed E-state index contributed by atoms with van der Waals surface area (Å²) < 4.78 is 37.8. The van der Waals surface area contributed by atoms with E-state index in [9.17, 15) is 8.42 Å². The van der Waals surface area contributed by atoms with Crippen LogP contribution in [-0.4, -0.2) is 33.8 Å². The molecule has 0 aliphatic carbocycles. The minimum Gasteiger partial charge on any atom is -0.493 e. The zero-order chi connectivity index (χ0) is 20.0. The van der Waals surface area contributed by atoms with E-state index >= 15 is 0 Å². The van der Waals surface area contributed by atoms with E-state index in [-0.39, 0.29) is 4.90 Å². The number of pyridine rings is 1. The average molecular weight is 397 g/mol. The maximum atomic E-state index is 12.4. The van der Waals surface area contributed by atoms with Crippen molar-refractivity contribution in [3.63, 3.8) is 0 Å². The molecule has 1 aromatic heterocycles. The lowest BCUT2D eigenvalue weighted by molar-refractivity contribution is 0.355. The van der Waals surface area contributed by atoms with Crippen molar-refractivity contribution >= 4 is 27.6 Å². The van der Waals surface area contributed by atoms with Gasteiger partial charge in [0.05, 0.1) is 36.7 Å². The second-order valence-electron chi connectivity index (χ2n) is 5.71. The molecule has 3 aromatic rings. The highest BCUT2D eigenvalue weighted by molar-refractivity contribution is 7.92. The van der Waals surface area contributed by atoms with E-state index in [0.717, 1.165) is 5.56 Å². The number of rotatable bonds is 7. The zero-order valence-corrected chi connectivity index (χ0v) is 16.2. The Kier molecular flexibility index (Phi) is 5.90. The molecule has 1 N–H and O–H groups in total. The van der Waals surface area contributed by atoms with E-state index in [1.54, 1.807) is 63.0 Å². The molecule has 2 aromatic carbocycles. The molecule has 0 unspecified atom stereocenters. The number of hydrogen-bond donors (Lipinski definition) is 1. The van der Waals surface area contributed by atoms with Crippen LogP contribution in [0.3, 0.4) is 0 Å². The Labute approximate surface area is 163 Å². The SMILES string of the molecule is COc1ccc(C=Nc2ccc(S(=O)(=O)Nc3cccnc3)cc2)cc1OC. The largest absolute Gasteiger partial charge is 0.493 e. The minimum absolute atomic E-state index is 0.140. The number of aliphatic imine (C=N–C) groups is 1. The highest BCUT2D eigenvalue weighted by Gasteiger charge is 2.13. The Morgan fingerprint density at radius 3 is 2.39 bits per heavy atom. The highest BCUT2D eigenvalue weighted by Crippen LogP contribution is 2.27. The topological polar surface area (TPSA) is 89.9 Å². The summed E-state index contributed by atoms with van der Waals surface area (Å²) in [7, 11) is -0.545. The van der Waals surface area contributed by atoms with Gasteiger partial charge >= 0.3 is 0 Å². The summed E-state index contributed by atoms with van der Waals surface area (Å²) in [6, 6.07) is 15.0. The highest BCUT2D eigenvalue weighted by atomic mass is 32.2. The van der Waals surface area contributed by atoms with Gasteiger partial charge in [-0.1, -0.05) is 0 Å². The van der Waals surface area contributed by atoms with Crippen LogP contribution in [0.15, 0.2) is 76.9 Å². The second-order valence-corrected chi connectivity index (χ2v) is 7.40. The Bertz CT molecular complexity index is 1070. The second kappa shape index (κ2) is 8.53. The van der Waals surface area contributed by atoms with E-state index in [1.807, 2.05) is 6.07 Å². The van der Waals surface area contributed by atoms with Crippen LogP contribution >= 0.6 is 0 Å². The quantitative estimate of drug-likeness (QED) is 0.615. The molecular weight excluding hydrogens is 378 g/mol. The molecule has 0 aliphatic rings. The van der Waals surface area contributed by atoms with Crippen LogP contribution in [0, 0.1) is 0 Å². The van der Waals surface area contributed by atoms with Crippen LogP contribution in [-0.2, 0) is 10.0 Å². The number of sulfonamides is 1. The summed E-state index contributed by atoms with van der Waals surface area (Å²) >= 11 is 0. The fourth-order valence-electron chi connectivity index (χ4n) is 2.43.